The van der Waals surface area contributed by atoms with Gasteiger partial charge in [-0.1, -0.05) is 37.4 Å². The van der Waals surface area contributed by atoms with E-state index in [1.54, 1.807) is 6.20 Å². The molecule has 1 aromatic rings. The molecule has 0 saturated carbocycles. The van der Waals surface area contributed by atoms with Crippen LogP contribution in [0.2, 0.25) is 5.15 Å². The monoisotopic (exact) mass is 198 g/mol. The van der Waals surface area contributed by atoms with Gasteiger partial charge >= 0.3 is 0 Å². The Morgan fingerprint density at radius 1 is 1.62 bits per heavy atom. The number of unbranched alkanes of at least 4 members (excludes halogenated alkanes) is 1. The van der Waals surface area contributed by atoms with Crippen molar-refractivity contribution in [2.24, 2.45) is 5.73 Å². The van der Waals surface area contributed by atoms with Crippen LogP contribution in [0.1, 0.15) is 37.8 Å². The Morgan fingerprint density at radius 2 is 2.38 bits per heavy atom. The van der Waals surface area contributed by atoms with Gasteiger partial charge in [0.05, 0.1) is 0 Å². The van der Waals surface area contributed by atoms with Gasteiger partial charge in [-0.05, 0) is 12.5 Å². The first-order valence-corrected chi connectivity index (χ1v) is 4.99. The van der Waals surface area contributed by atoms with Crippen molar-refractivity contribution in [2.45, 2.75) is 32.2 Å². The fourth-order valence-corrected chi connectivity index (χ4v) is 1.51. The van der Waals surface area contributed by atoms with E-state index in [1.165, 1.54) is 0 Å². The van der Waals surface area contributed by atoms with Crippen LogP contribution in [0.3, 0.4) is 0 Å². The normalized spacial score (nSPS) is 12.8. The van der Waals surface area contributed by atoms with E-state index >= 15 is 0 Å². The molecule has 0 aromatic carbocycles. The minimum atomic E-state index is 0.0288. The number of pyridine rings is 1. The van der Waals surface area contributed by atoms with Gasteiger partial charge < -0.3 is 5.73 Å². The van der Waals surface area contributed by atoms with E-state index in [2.05, 4.69) is 11.9 Å². The molecule has 0 saturated heterocycles. The number of hydrogen-bond acceptors (Lipinski definition) is 2. The average molecular weight is 199 g/mol. The Kier molecular flexibility index (Phi) is 4.19. The van der Waals surface area contributed by atoms with E-state index in [9.17, 15) is 0 Å². The number of nitrogens with zero attached hydrogens (tertiary/aromatic N) is 1. The molecule has 3 heteroatoms. The second-order valence-corrected chi connectivity index (χ2v) is 3.49. The Balaban J connectivity index is 2.65. The van der Waals surface area contributed by atoms with Gasteiger partial charge in [0.1, 0.15) is 5.15 Å². The van der Waals surface area contributed by atoms with Crippen LogP contribution in [0.25, 0.3) is 0 Å². The van der Waals surface area contributed by atoms with Gasteiger partial charge in [-0.25, -0.2) is 4.98 Å². The Hall–Kier alpha value is -0.600. The van der Waals surface area contributed by atoms with Crippen LogP contribution in [-0.4, -0.2) is 4.98 Å². The van der Waals surface area contributed by atoms with Crippen molar-refractivity contribution in [3.8, 4) is 0 Å². The third-order valence-corrected chi connectivity index (χ3v) is 2.37. The highest BCUT2D eigenvalue weighted by Gasteiger charge is 2.09. The van der Waals surface area contributed by atoms with Gasteiger partial charge in [-0.3, -0.25) is 0 Å². The SMILES string of the molecule is CCCC[C@H](N)c1cccnc1Cl. The van der Waals surface area contributed by atoms with Crippen molar-refractivity contribution >= 4 is 11.6 Å². The summed E-state index contributed by atoms with van der Waals surface area (Å²) in [5, 5.41) is 0.533. The van der Waals surface area contributed by atoms with E-state index in [0.29, 0.717) is 5.15 Å². The topological polar surface area (TPSA) is 38.9 Å². The fourth-order valence-electron chi connectivity index (χ4n) is 1.25. The molecule has 0 bridgehead atoms. The standard InChI is InChI=1S/C10H15ClN2/c1-2-3-6-9(12)8-5-4-7-13-10(8)11/h4-5,7,9H,2-3,6,12H2,1H3/t9-/m0/s1. The maximum absolute atomic E-state index is 5.96. The molecule has 0 fully saturated rings. The maximum atomic E-state index is 5.96. The molecular weight excluding hydrogens is 184 g/mol. The number of aromatic nitrogens is 1. The molecule has 0 amide bonds. The average Bonchev–Trinajstić information content (AvgIpc) is 2.15. The second-order valence-electron chi connectivity index (χ2n) is 3.13. The van der Waals surface area contributed by atoms with Gasteiger partial charge in [-0.15, -0.1) is 0 Å². The zero-order valence-corrected chi connectivity index (χ0v) is 8.59. The second kappa shape index (κ2) is 5.20. The summed E-state index contributed by atoms with van der Waals surface area (Å²) in [5.41, 5.74) is 6.91. The van der Waals surface area contributed by atoms with Crippen molar-refractivity contribution < 1.29 is 0 Å². The fraction of sp³-hybridized carbons (Fsp3) is 0.500. The van der Waals surface area contributed by atoms with Gasteiger partial charge in [-0.2, -0.15) is 0 Å². The molecule has 0 aliphatic rings. The minimum Gasteiger partial charge on any atom is -0.324 e. The van der Waals surface area contributed by atoms with E-state index < -0.39 is 0 Å². The summed E-state index contributed by atoms with van der Waals surface area (Å²) in [4.78, 5) is 3.99. The van der Waals surface area contributed by atoms with Crippen LogP contribution in [0.15, 0.2) is 18.3 Å². The van der Waals surface area contributed by atoms with Crippen molar-refractivity contribution in [2.75, 3.05) is 0 Å². The minimum absolute atomic E-state index is 0.0288. The molecule has 0 spiro atoms. The summed E-state index contributed by atoms with van der Waals surface area (Å²) in [6.07, 6.45) is 4.94. The smallest absolute Gasteiger partial charge is 0.133 e. The third kappa shape index (κ3) is 2.98. The summed E-state index contributed by atoms with van der Waals surface area (Å²) < 4.78 is 0. The predicted octanol–water partition coefficient (Wildman–Crippen LogP) is 2.93. The zero-order chi connectivity index (χ0) is 9.68. The number of hydrogen-bond donors (Lipinski definition) is 1. The van der Waals surface area contributed by atoms with Crippen LogP contribution >= 0.6 is 11.6 Å². The first-order chi connectivity index (χ1) is 6.25. The number of halogens is 1. The molecular formula is C10H15ClN2. The molecule has 1 heterocycles. The lowest BCUT2D eigenvalue weighted by atomic mass is 10.0. The zero-order valence-electron chi connectivity index (χ0n) is 7.83. The summed E-state index contributed by atoms with van der Waals surface area (Å²) in [6, 6.07) is 3.84. The molecule has 2 nitrogen and oxygen atoms in total. The first kappa shape index (κ1) is 10.5. The Bertz CT molecular complexity index is 263. The van der Waals surface area contributed by atoms with Crippen molar-refractivity contribution in [1.29, 1.82) is 0 Å². The third-order valence-electron chi connectivity index (χ3n) is 2.06. The quantitative estimate of drug-likeness (QED) is 0.756. The van der Waals surface area contributed by atoms with Gasteiger partial charge in [0.2, 0.25) is 0 Å². The van der Waals surface area contributed by atoms with Gasteiger partial charge in [0.25, 0.3) is 0 Å². The highest BCUT2D eigenvalue weighted by atomic mass is 35.5. The molecule has 1 aromatic heterocycles. The lowest BCUT2D eigenvalue weighted by Gasteiger charge is -2.11. The Labute approximate surface area is 84.1 Å². The van der Waals surface area contributed by atoms with E-state index in [0.717, 1.165) is 24.8 Å². The van der Waals surface area contributed by atoms with Crippen LogP contribution in [0.5, 0.6) is 0 Å². The molecule has 0 radical (unpaired) electrons. The van der Waals surface area contributed by atoms with Gasteiger partial charge in [0, 0.05) is 17.8 Å². The van der Waals surface area contributed by atoms with E-state index in [-0.39, 0.29) is 6.04 Å². The molecule has 1 rings (SSSR count). The van der Waals surface area contributed by atoms with Gasteiger partial charge in [0.15, 0.2) is 0 Å². The molecule has 13 heavy (non-hydrogen) atoms. The van der Waals surface area contributed by atoms with E-state index in [4.69, 9.17) is 17.3 Å². The molecule has 0 aliphatic heterocycles. The summed E-state index contributed by atoms with van der Waals surface area (Å²) in [7, 11) is 0. The molecule has 2 N–H and O–H groups in total. The number of rotatable bonds is 4. The first-order valence-electron chi connectivity index (χ1n) is 4.61. The van der Waals surface area contributed by atoms with Crippen LogP contribution < -0.4 is 5.73 Å². The van der Waals surface area contributed by atoms with Crippen molar-refractivity contribution in [3.63, 3.8) is 0 Å². The molecule has 0 unspecified atom stereocenters. The highest BCUT2D eigenvalue weighted by molar-refractivity contribution is 6.30. The number of nitrogens with two attached hydrogens (primary N) is 1. The largest absolute Gasteiger partial charge is 0.324 e. The lowest BCUT2D eigenvalue weighted by Crippen LogP contribution is -2.10. The highest BCUT2D eigenvalue weighted by Crippen LogP contribution is 2.22. The van der Waals surface area contributed by atoms with E-state index in [1.807, 2.05) is 12.1 Å². The van der Waals surface area contributed by atoms with Crippen LogP contribution in [0, 0.1) is 0 Å². The molecule has 0 aliphatic carbocycles. The summed E-state index contributed by atoms with van der Waals surface area (Å²) in [6.45, 7) is 2.15. The van der Waals surface area contributed by atoms with Crippen molar-refractivity contribution in [1.82, 2.24) is 4.98 Å². The molecule has 1 atom stereocenters. The van der Waals surface area contributed by atoms with Crippen LogP contribution in [-0.2, 0) is 0 Å². The summed E-state index contributed by atoms with van der Waals surface area (Å²) in [5.74, 6) is 0. The lowest BCUT2D eigenvalue weighted by molar-refractivity contribution is 0.602. The molecule has 72 valence electrons. The summed E-state index contributed by atoms with van der Waals surface area (Å²) >= 11 is 5.91. The van der Waals surface area contributed by atoms with Crippen LogP contribution in [0.4, 0.5) is 0 Å². The predicted molar refractivity (Wildman–Crippen MR) is 55.7 cm³/mol. The maximum Gasteiger partial charge on any atom is 0.133 e. The van der Waals surface area contributed by atoms with Crippen molar-refractivity contribution in [3.05, 3.63) is 29.0 Å². The Morgan fingerprint density at radius 3 is 3.00 bits per heavy atom.